The smallest absolute Gasteiger partial charge is 0.243 e. The number of likely N-dealkylation sites (N-methyl/N-ethyl adjacent to an activating group) is 1. The molecule has 0 bridgehead atoms. The fourth-order valence-electron chi connectivity index (χ4n) is 4.35. The fraction of sp³-hybridized carbons (Fsp3) is 0.517. The molecule has 10 nitrogen and oxygen atoms in total. The van der Waals surface area contributed by atoms with Crippen molar-refractivity contribution < 1.29 is 28.2 Å². The summed E-state index contributed by atoms with van der Waals surface area (Å²) in [6.07, 6.45) is 2.39. The van der Waals surface area contributed by atoms with Gasteiger partial charge in [0.1, 0.15) is 11.8 Å². The molecule has 3 atom stereocenters. The predicted molar refractivity (Wildman–Crippen MR) is 155 cm³/mol. The van der Waals surface area contributed by atoms with Crippen LogP contribution in [0.25, 0.3) is 0 Å². The largest absolute Gasteiger partial charge is 0.508 e. The molecule has 5 N–H and O–H groups in total. The molecule has 2 amide bonds. The van der Waals surface area contributed by atoms with Gasteiger partial charge in [0.05, 0.1) is 23.6 Å². The third-order valence-electron chi connectivity index (χ3n) is 6.53. The van der Waals surface area contributed by atoms with Crippen LogP contribution >= 0.6 is 0 Å². The van der Waals surface area contributed by atoms with Crippen LogP contribution in [0, 0.1) is 0 Å². The summed E-state index contributed by atoms with van der Waals surface area (Å²) >= 11 is 0. The minimum Gasteiger partial charge on any atom is -0.508 e. The molecule has 0 aliphatic rings. The molecule has 40 heavy (non-hydrogen) atoms. The Kier molecular flexibility index (Phi) is 14.1. The van der Waals surface area contributed by atoms with Gasteiger partial charge in [0, 0.05) is 13.1 Å². The average molecular weight is 577 g/mol. The van der Waals surface area contributed by atoms with E-state index in [1.54, 1.807) is 7.05 Å². The van der Waals surface area contributed by atoms with Crippen LogP contribution in [-0.2, 0) is 26.0 Å². The molecule has 2 aromatic carbocycles. The Morgan fingerprint density at radius 2 is 1.62 bits per heavy atom. The van der Waals surface area contributed by atoms with Crippen LogP contribution < -0.4 is 16.0 Å². The summed E-state index contributed by atoms with van der Waals surface area (Å²) in [7, 11) is -2.35. The zero-order chi connectivity index (χ0) is 29.5. The Morgan fingerprint density at radius 3 is 2.23 bits per heavy atom. The zero-order valence-corrected chi connectivity index (χ0v) is 24.5. The monoisotopic (exact) mass is 576 g/mol. The number of rotatable bonds is 18. The van der Waals surface area contributed by atoms with E-state index in [0.29, 0.717) is 19.3 Å². The van der Waals surface area contributed by atoms with Crippen molar-refractivity contribution in [2.75, 3.05) is 26.7 Å². The summed E-state index contributed by atoms with van der Waals surface area (Å²) in [5, 5.41) is 29.4. The van der Waals surface area contributed by atoms with Crippen molar-refractivity contribution in [1.82, 2.24) is 20.3 Å². The van der Waals surface area contributed by atoms with Crippen LogP contribution in [0.3, 0.4) is 0 Å². The summed E-state index contributed by atoms with van der Waals surface area (Å²) in [5.74, 6) is -0.811. The number of phenols is 1. The number of phenolic OH excluding ortho intramolecular Hbond substituents is 1. The number of carbonyl (C=O) groups excluding carboxylic acids is 2. The van der Waals surface area contributed by atoms with E-state index in [9.17, 15) is 28.2 Å². The van der Waals surface area contributed by atoms with Crippen LogP contribution in [-0.4, -0.2) is 79.6 Å². The van der Waals surface area contributed by atoms with Crippen molar-refractivity contribution in [2.45, 2.75) is 75.5 Å². The van der Waals surface area contributed by atoms with E-state index in [1.807, 2.05) is 44.2 Å². The molecule has 0 radical (unpaired) electrons. The number of aliphatic hydroxyl groups is 1. The second-order valence-corrected chi connectivity index (χ2v) is 11.8. The van der Waals surface area contributed by atoms with Crippen LogP contribution in [0.15, 0.2) is 59.5 Å². The van der Waals surface area contributed by atoms with E-state index in [0.717, 1.165) is 18.4 Å². The standard InChI is InChI=1S/C29H44N4O6S/c1-4-6-10-18-33(40(38,39)24-16-14-23(34)15-17-24)21-27(35)26(19-22-12-8-7-9-13-22)32-29(37)25(11-5-2)31-28(36)20-30-3/h7-9,12-17,25-27,30,34-35H,4-6,10-11,18-21H2,1-3H3,(H,31,36)(H,32,37)/t25?,26-,27+/m0/s1. The lowest BCUT2D eigenvalue weighted by Crippen LogP contribution is -2.56. The number of sulfonamides is 1. The van der Waals surface area contributed by atoms with Gasteiger partial charge in [-0.05, 0) is 56.1 Å². The maximum Gasteiger partial charge on any atom is 0.243 e. The number of aliphatic hydroxyl groups excluding tert-OH is 1. The Morgan fingerprint density at radius 1 is 0.950 bits per heavy atom. The summed E-state index contributed by atoms with van der Waals surface area (Å²) in [6, 6.07) is 13.0. The van der Waals surface area contributed by atoms with E-state index in [2.05, 4.69) is 16.0 Å². The molecular weight excluding hydrogens is 532 g/mol. The molecule has 2 aromatic rings. The molecule has 11 heteroatoms. The Balaban J connectivity index is 2.33. The predicted octanol–water partition coefficient (Wildman–Crippen LogP) is 2.17. The number of unbranched alkanes of at least 4 members (excludes halogenated alkanes) is 2. The van der Waals surface area contributed by atoms with Crippen LogP contribution in [0.5, 0.6) is 5.75 Å². The van der Waals surface area contributed by atoms with Crippen molar-refractivity contribution in [2.24, 2.45) is 0 Å². The number of amides is 2. The normalized spacial score (nSPS) is 13.9. The Hall–Kier alpha value is -2.99. The van der Waals surface area contributed by atoms with Gasteiger partial charge in [-0.1, -0.05) is 63.4 Å². The summed E-state index contributed by atoms with van der Waals surface area (Å²) in [5.41, 5.74) is 0.858. The first-order valence-electron chi connectivity index (χ1n) is 13.9. The van der Waals surface area contributed by atoms with E-state index in [-0.39, 0.29) is 42.6 Å². The minimum absolute atomic E-state index is 0.00731. The first-order valence-corrected chi connectivity index (χ1v) is 15.3. The molecule has 222 valence electrons. The molecule has 0 aromatic heterocycles. The zero-order valence-electron chi connectivity index (χ0n) is 23.7. The summed E-state index contributed by atoms with van der Waals surface area (Å²) < 4.78 is 28.3. The number of carbonyl (C=O) groups is 2. The van der Waals surface area contributed by atoms with Gasteiger partial charge < -0.3 is 26.2 Å². The molecule has 0 saturated heterocycles. The molecule has 0 fully saturated rings. The second-order valence-electron chi connectivity index (χ2n) is 9.88. The first kappa shape index (κ1) is 33.2. The summed E-state index contributed by atoms with van der Waals surface area (Å²) in [6.45, 7) is 3.93. The van der Waals surface area contributed by atoms with E-state index in [4.69, 9.17) is 0 Å². The lowest BCUT2D eigenvalue weighted by atomic mass is 10.00. The van der Waals surface area contributed by atoms with E-state index in [1.165, 1.54) is 28.6 Å². The number of nitrogens with one attached hydrogen (secondary N) is 3. The second kappa shape index (κ2) is 17.0. The van der Waals surface area contributed by atoms with Crippen molar-refractivity contribution >= 4 is 21.8 Å². The molecule has 0 heterocycles. The van der Waals surface area contributed by atoms with Gasteiger partial charge in [-0.15, -0.1) is 0 Å². The van der Waals surface area contributed by atoms with Gasteiger partial charge >= 0.3 is 0 Å². The highest BCUT2D eigenvalue weighted by Crippen LogP contribution is 2.21. The molecule has 0 aliphatic carbocycles. The van der Waals surface area contributed by atoms with Gasteiger partial charge in [0.25, 0.3) is 0 Å². The third-order valence-corrected chi connectivity index (χ3v) is 8.41. The van der Waals surface area contributed by atoms with Crippen LogP contribution in [0.2, 0.25) is 0 Å². The van der Waals surface area contributed by atoms with E-state index < -0.39 is 34.1 Å². The number of hydrogen-bond donors (Lipinski definition) is 5. The molecule has 1 unspecified atom stereocenters. The first-order chi connectivity index (χ1) is 19.1. The maximum absolute atomic E-state index is 13.5. The van der Waals surface area contributed by atoms with Crippen LogP contribution in [0.1, 0.15) is 51.5 Å². The Labute approximate surface area is 238 Å². The van der Waals surface area contributed by atoms with E-state index >= 15 is 0 Å². The van der Waals surface area contributed by atoms with Crippen molar-refractivity contribution in [3.05, 3.63) is 60.2 Å². The fourth-order valence-corrected chi connectivity index (χ4v) is 5.85. The van der Waals surface area contributed by atoms with Crippen LogP contribution in [0.4, 0.5) is 0 Å². The quantitative estimate of drug-likeness (QED) is 0.171. The topological polar surface area (TPSA) is 148 Å². The van der Waals surface area contributed by atoms with Gasteiger partial charge in [-0.3, -0.25) is 9.59 Å². The highest BCUT2D eigenvalue weighted by atomic mass is 32.2. The molecule has 0 saturated carbocycles. The average Bonchev–Trinajstić information content (AvgIpc) is 2.92. The maximum atomic E-state index is 13.5. The minimum atomic E-state index is -3.99. The lowest BCUT2D eigenvalue weighted by molar-refractivity contribution is -0.129. The lowest BCUT2D eigenvalue weighted by Gasteiger charge is -2.31. The molecule has 0 aliphatic heterocycles. The van der Waals surface area contributed by atoms with Gasteiger partial charge in [-0.2, -0.15) is 4.31 Å². The third kappa shape index (κ3) is 10.5. The number of nitrogens with zero attached hydrogens (tertiary/aromatic N) is 1. The number of hydrogen-bond acceptors (Lipinski definition) is 7. The molecule has 2 rings (SSSR count). The number of benzene rings is 2. The molecule has 0 spiro atoms. The van der Waals surface area contributed by atoms with Gasteiger partial charge in [0.2, 0.25) is 21.8 Å². The van der Waals surface area contributed by atoms with Gasteiger partial charge in [-0.25, -0.2) is 8.42 Å². The highest BCUT2D eigenvalue weighted by molar-refractivity contribution is 7.89. The summed E-state index contributed by atoms with van der Waals surface area (Å²) in [4.78, 5) is 25.5. The van der Waals surface area contributed by atoms with Crippen molar-refractivity contribution in [3.63, 3.8) is 0 Å². The highest BCUT2D eigenvalue weighted by Gasteiger charge is 2.32. The van der Waals surface area contributed by atoms with Crippen molar-refractivity contribution in [1.29, 1.82) is 0 Å². The molecular formula is C29H44N4O6S. The van der Waals surface area contributed by atoms with Gasteiger partial charge in [0.15, 0.2) is 0 Å². The Bertz CT molecular complexity index is 1140. The number of aromatic hydroxyl groups is 1. The SMILES string of the molecule is CCCCCN(C[C@@H](O)[C@H](Cc1ccccc1)NC(=O)C(CCC)NC(=O)CNC)S(=O)(=O)c1ccc(O)cc1. The van der Waals surface area contributed by atoms with Crippen molar-refractivity contribution in [3.8, 4) is 5.75 Å².